The van der Waals surface area contributed by atoms with Crippen molar-refractivity contribution in [2.24, 2.45) is 5.41 Å². The lowest BCUT2D eigenvalue weighted by molar-refractivity contribution is -0.161. The maximum atomic E-state index is 13.1. The van der Waals surface area contributed by atoms with Crippen LogP contribution < -0.4 is 0 Å². The highest BCUT2D eigenvalue weighted by Crippen LogP contribution is 2.31. The number of methoxy groups -OCH3 is 2. The van der Waals surface area contributed by atoms with Gasteiger partial charge < -0.3 is 23.7 Å². The highest BCUT2D eigenvalue weighted by molar-refractivity contribution is 5.71. The summed E-state index contributed by atoms with van der Waals surface area (Å²) in [5, 5.41) is 0. The van der Waals surface area contributed by atoms with Crippen molar-refractivity contribution in [1.29, 1.82) is 0 Å². The average Bonchev–Trinajstić information content (AvgIpc) is 2.39. The summed E-state index contributed by atoms with van der Waals surface area (Å²) in [6.07, 6.45) is -3.33. The number of carbonyl (C=O) groups is 1. The van der Waals surface area contributed by atoms with Gasteiger partial charge in [-0.2, -0.15) is 8.78 Å². The Morgan fingerprint density at radius 1 is 1.09 bits per heavy atom. The molecular weight excluding hydrogens is 302 g/mol. The molecule has 0 aromatic heterocycles. The van der Waals surface area contributed by atoms with Crippen LogP contribution in [-0.2, 0) is 28.5 Å². The van der Waals surface area contributed by atoms with Crippen LogP contribution in [0.3, 0.4) is 0 Å². The van der Waals surface area contributed by atoms with Gasteiger partial charge in [0.2, 0.25) is 5.76 Å². The van der Waals surface area contributed by atoms with Crippen LogP contribution in [0.4, 0.5) is 8.78 Å². The normalized spacial score (nSPS) is 12.7. The molecule has 0 aliphatic heterocycles. The lowest BCUT2D eigenvalue weighted by atomic mass is 9.88. The fraction of sp³-hybridized carbons (Fsp3) is 0.786. The van der Waals surface area contributed by atoms with Gasteiger partial charge in [0.05, 0.1) is 13.2 Å². The first-order chi connectivity index (χ1) is 10.2. The first-order valence-electron chi connectivity index (χ1n) is 6.67. The van der Waals surface area contributed by atoms with Crippen molar-refractivity contribution in [3.63, 3.8) is 0 Å². The summed E-state index contributed by atoms with van der Waals surface area (Å²) in [6.45, 7) is 4.72. The molecule has 0 aliphatic carbocycles. The lowest BCUT2D eigenvalue weighted by Crippen LogP contribution is -2.36. The quantitative estimate of drug-likeness (QED) is 0.266. The molecule has 1 unspecified atom stereocenters. The number of ether oxygens (including phenoxy) is 5. The van der Waals surface area contributed by atoms with Crippen molar-refractivity contribution < 1.29 is 37.3 Å². The Morgan fingerprint density at radius 2 is 1.73 bits per heavy atom. The summed E-state index contributed by atoms with van der Waals surface area (Å²) >= 11 is 0. The first kappa shape index (κ1) is 20.8. The SMILES string of the molecule is COCCOCOC(=C(F)F)C(OC(=O)COC)C(C)(C)C. The van der Waals surface area contributed by atoms with Gasteiger partial charge in [-0.3, -0.25) is 0 Å². The molecule has 0 rings (SSSR count). The fourth-order valence-corrected chi connectivity index (χ4v) is 1.44. The Labute approximate surface area is 129 Å². The van der Waals surface area contributed by atoms with Crippen LogP contribution in [0.1, 0.15) is 20.8 Å². The number of esters is 1. The Morgan fingerprint density at radius 3 is 2.18 bits per heavy atom. The molecular formula is C14H24F2O6. The number of hydrogen-bond acceptors (Lipinski definition) is 6. The number of carbonyl (C=O) groups excluding carboxylic acids is 1. The Kier molecular flexibility index (Phi) is 9.88. The standard InChI is InChI=1S/C14H24F2O6/c1-14(2,3)12(22-10(17)8-19-5)11(13(15)16)21-9-20-7-6-18-4/h12H,6-9H2,1-5H3. The van der Waals surface area contributed by atoms with Crippen LogP contribution in [0.25, 0.3) is 0 Å². The second kappa shape index (κ2) is 10.5. The molecule has 1 atom stereocenters. The van der Waals surface area contributed by atoms with Gasteiger partial charge in [0.1, 0.15) is 6.61 Å². The molecule has 6 nitrogen and oxygen atoms in total. The predicted octanol–water partition coefficient (Wildman–Crippen LogP) is 2.34. The van der Waals surface area contributed by atoms with Gasteiger partial charge in [0, 0.05) is 19.6 Å². The molecule has 0 saturated heterocycles. The van der Waals surface area contributed by atoms with E-state index >= 15 is 0 Å². The average molecular weight is 326 g/mol. The molecule has 0 aromatic rings. The Bertz CT molecular complexity index is 361. The van der Waals surface area contributed by atoms with Crippen LogP contribution in [0, 0.1) is 5.41 Å². The molecule has 0 bridgehead atoms. The van der Waals surface area contributed by atoms with Gasteiger partial charge >= 0.3 is 12.0 Å². The van der Waals surface area contributed by atoms with Gasteiger partial charge in [-0.05, 0) is 0 Å². The second-order valence-electron chi connectivity index (χ2n) is 5.46. The minimum absolute atomic E-state index is 0.196. The summed E-state index contributed by atoms with van der Waals surface area (Å²) in [7, 11) is 2.79. The summed E-state index contributed by atoms with van der Waals surface area (Å²) in [4.78, 5) is 11.5. The summed E-state index contributed by atoms with van der Waals surface area (Å²) in [5.41, 5.74) is -0.797. The number of hydrogen-bond donors (Lipinski definition) is 0. The monoisotopic (exact) mass is 326 g/mol. The predicted molar refractivity (Wildman–Crippen MR) is 74.2 cm³/mol. The van der Waals surface area contributed by atoms with E-state index in [2.05, 4.69) is 4.74 Å². The van der Waals surface area contributed by atoms with Gasteiger partial charge in [-0.25, -0.2) is 4.79 Å². The molecule has 0 saturated carbocycles. The highest BCUT2D eigenvalue weighted by Gasteiger charge is 2.36. The van der Waals surface area contributed by atoms with E-state index in [1.165, 1.54) is 14.2 Å². The second-order valence-corrected chi connectivity index (χ2v) is 5.46. The number of rotatable bonds is 10. The van der Waals surface area contributed by atoms with E-state index in [1.54, 1.807) is 20.8 Å². The minimum atomic E-state index is -2.07. The van der Waals surface area contributed by atoms with E-state index < -0.39 is 36.1 Å². The summed E-state index contributed by atoms with van der Waals surface area (Å²) in [5.74, 6) is -1.49. The molecule has 0 heterocycles. The van der Waals surface area contributed by atoms with E-state index in [0.717, 1.165) is 0 Å². The molecule has 0 amide bonds. The zero-order valence-corrected chi connectivity index (χ0v) is 13.6. The first-order valence-corrected chi connectivity index (χ1v) is 6.67. The van der Waals surface area contributed by atoms with Crippen molar-refractivity contribution in [3.8, 4) is 0 Å². The van der Waals surface area contributed by atoms with E-state index in [9.17, 15) is 13.6 Å². The summed E-state index contributed by atoms with van der Waals surface area (Å²) in [6, 6.07) is 0. The van der Waals surface area contributed by atoms with Gasteiger partial charge in [0.25, 0.3) is 0 Å². The molecule has 0 spiro atoms. The fourth-order valence-electron chi connectivity index (χ4n) is 1.44. The maximum absolute atomic E-state index is 13.1. The van der Waals surface area contributed by atoms with Crippen LogP contribution in [0.2, 0.25) is 0 Å². The van der Waals surface area contributed by atoms with Crippen molar-refractivity contribution in [3.05, 3.63) is 11.8 Å². The van der Waals surface area contributed by atoms with Crippen LogP contribution >= 0.6 is 0 Å². The van der Waals surface area contributed by atoms with Gasteiger partial charge in [-0.15, -0.1) is 0 Å². The van der Waals surface area contributed by atoms with E-state index in [1.807, 2.05) is 0 Å². The van der Waals surface area contributed by atoms with E-state index in [-0.39, 0.29) is 13.2 Å². The summed E-state index contributed by atoms with van der Waals surface area (Å²) < 4.78 is 50.7. The molecule has 0 aliphatic rings. The zero-order chi connectivity index (χ0) is 17.2. The maximum Gasteiger partial charge on any atom is 0.332 e. The highest BCUT2D eigenvalue weighted by atomic mass is 19.3. The molecule has 0 fully saturated rings. The lowest BCUT2D eigenvalue weighted by Gasteiger charge is -2.31. The third kappa shape index (κ3) is 8.26. The third-order valence-corrected chi connectivity index (χ3v) is 2.45. The molecule has 0 aromatic carbocycles. The topological polar surface area (TPSA) is 63.2 Å². The Balaban J connectivity index is 4.88. The van der Waals surface area contributed by atoms with Gasteiger partial charge in [0.15, 0.2) is 12.9 Å². The number of halogens is 2. The van der Waals surface area contributed by atoms with Crippen LogP contribution in [0.5, 0.6) is 0 Å². The van der Waals surface area contributed by atoms with Crippen molar-refractivity contribution in [2.45, 2.75) is 26.9 Å². The molecule has 0 N–H and O–H groups in total. The van der Waals surface area contributed by atoms with Crippen LogP contribution in [-0.4, -0.2) is 52.9 Å². The minimum Gasteiger partial charge on any atom is -0.462 e. The Hall–Kier alpha value is -1.25. The van der Waals surface area contributed by atoms with Gasteiger partial charge in [-0.1, -0.05) is 20.8 Å². The molecule has 0 radical (unpaired) electrons. The molecule has 8 heteroatoms. The van der Waals surface area contributed by atoms with E-state index in [0.29, 0.717) is 6.61 Å². The molecule has 22 heavy (non-hydrogen) atoms. The molecule has 130 valence electrons. The van der Waals surface area contributed by atoms with Crippen molar-refractivity contribution in [2.75, 3.05) is 40.8 Å². The zero-order valence-electron chi connectivity index (χ0n) is 13.6. The van der Waals surface area contributed by atoms with Crippen molar-refractivity contribution in [1.82, 2.24) is 0 Å². The third-order valence-electron chi connectivity index (χ3n) is 2.45. The smallest absolute Gasteiger partial charge is 0.332 e. The van der Waals surface area contributed by atoms with Crippen molar-refractivity contribution >= 4 is 5.97 Å². The van der Waals surface area contributed by atoms with Crippen LogP contribution in [0.15, 0.2) is 11.8 Å². The van der Waals surface area contributed by atoms with E-state index in [4.69, 9.17) is 18.9 Å². The largest absolute Gasteiger partial charge is 0.462 e.